The molecule has 0 bridgehead atoms. The summed E-state index contributed by atoms with van der Waals surface area (Å²) in [6.45, 7) is 1.49. The standard InChI is InChI=1S/C27H28BrN5O3/c28-22-23(27(24(22)34)9-12-29-13-10-27)32-20(26(35)36)14-16-5-7-18(8-6-16)33-21(15-17-3-4-17)31-19-2-1-11-30-25(19)33/h1-2,5-8,11,17,20,29,32H,3-4,9-10,12-15H2,(H,35,36)/t20-/m0/s1. The maximum Gasteiger partial charge on any atom is 0.326 e. The number of carbonyl (C=O) groups is 2. The van der Waals surface area contributed by atoms with Crippen molar-refractivity contribution in [2.45, 2.75) is 44.6 Å². The summed E-state index contributed by atoms with van der Waals surface area (Å²) in [4.78, 5) is 34.3. The molecular weight excluding hydrogens is 522 g/mol. The average molecular weight is 550 g/mol. The molecule has 6 rings (SSSR count). The third-order valence-electron chi connectivity index (χ3n) is 7.69. The minimum Gasteiger partial charge on any atom is -0.480 e. The second-order valence-electron chi connectivity index (χ2n) is 10.1. The SMILES string of the molecule is O=C(O)[C@H](Cc1ccc(-n2c(CC3CC3)nc3cccnc32)cc1)NC1=C(Br)C(=O)C12CCNCC2. The zero-order chi connectivity index (χ0) is 24.9. The fraction of sp³-hybridized carbons (Fsp3) is 0.407. The summed E-state index contributed by atoms with van der Waals surface area (Å²) in [6, 6.07) is 11.0. The average Bonchev–Trinajstić information content (AvgIpc) is 3.64. The molecule has 2 aliphatic carbocycles. The Hall–Kier alpha value is -3.04. The minimum absolute atomic E-state index is 0.0724. The summed E-state index contributed by atoms with van der Waals surface area (Å²) in [5.41, 5.74) is 3.74. The van der Waals surface area contributed by atoms with Crippen molar-refractivity contribution in [2.24, 2.45) is 11.3 Å². The lowest BCUT2D eigenvalue weighted by Gasteiger charge is -2.46. The molecule has 3 aromatic rings. The van der Waals surface area contributed by atoms with Crippen LogP contribution in [0.5, 0.6) is 0 Å². The number of hydrogen-bond donors (Lipinski definition) is 3. The highest BCUT2D eigenvalue weighted by Crippen LogP contribution is 2.50. The molecule has 1 atom stereocenters. The number of allylic oxidation sites excluding steroid dienone is 2. The molecule has 2 fully saturated rings. The fourth-order valence-corrected chi connectivity index (χ4v) is 6.33. The number of hydrogen-bond acceptors (Lipinski definition) is 6. The van der Waals surface area contributed by atoms with Crippen molar-refractivity contribution in [3.63, 3.8) is 0 Å². The van der Waals surface area contributed by atoms with Crippen LogP contribution < -0.4 is 10.6 Å². The predicted octanol–water partition coefficient (Wildman–Crippen LogP) is 3.52. The van der Waals surface area contributed by atoms with E-state index in [0.717, 1.165) is 53.4 Å². The van der Waals surface area contributed by atoms with Crippen molar-refractivity contribution >= 4 is 38.8 Å². The van der Waals surface area contributed by atoms with Gasteiger partial charge in [0, 0.05) is 30.4 Å². The number of carbonyl (C=O) groups excluding carboxylic acids is 1. The Morgan fingerprint density at radius 2 is 1.97 bits per heavy atom. The molecule has 3 aliphatic rings. The van der Waals surface area contributed by atoms with Gasteiger partial charge in [0.1, 0.15) is 17.4 Å². The molecule has 3 heterocycles. The molecule has 1 spiro atoms. The Labute approximate surface area is 217 Å². The van der Waals surface area contributed by atoms with Gasteiger partial charge >= 0.3 is 5.97 Å². The highest BCUT2D eigenvalue weighted by Gasteiger charge is 2.54. The number of fused-ring (bicyclic) bond motifs is 1. The number of nitrogens with zero attached hydrogens (tertiary/aromatic N) is 3. The van der Waals surface area contributed by atoms with E-state index >= 15 is 0 Å². The van der Waals surface area contributed by atoms with Gasteiger partial charge in [-0.2, -0.15) is 0 Å². The first-order chi connectivity index (χ1) is 17.5. The van der Waals surface area contributed by atoms with E-state index in [0.29, 0.717) is 29.7 Å². The predicted molar refractivity (Wildman–Crippen MR) is 139 cm³/mol. The summed E-state index contributed by atoms with van der Waals surface area (Å²) in [5.74, 6) is 0.843. The number of benzene rings is 1. The van der Waals surface area contributed by atoms with E-state index in [2.05, 4.69) is 36.1 Å². The topological polar surface area (TPSA) is 109 Å². The Kier molecular flexibility index (Phi) is 5.92. The number of rotatable bonds is 8. The number of pyridine rings is 1. The van der Waals surface area contributed by atoms with E-state index in [1.54, 1.807) is 6.20 Å². The van der Waals surface area contributed by atoms with Crippen molar-refractivity contribution < 1.29 is 14.7 Å². The lowest BCUT2D eigenvalue weighted by atomic mass is 9.65. The smallest absolute Gasteiger partial charge is 0.326 e. The number of halogens is 1. The first-order valence-electron chi connectivity index (χ1n) is 12.5. The Bertz CT molecular complexity index is 1370. The molecule has 1 aromatic carbocycles. The largest absolute Gasteiger partial charge is 0.480 e. The molecule has 0 amide bonds. The van der Waals surface area contributed by atoms with Gasteiger partial charge < -0.3 is 15.7 Å². The van der Waals surface area contributed by atoms with Gasteiger partial charge in [-0.3, -0.25) is 9.36 Å². The molecule has 36 heavy (non-hydrogen) atoms. The van der Waals surface area contributed by atoms with E-state index in [9.17, 15) is 14.7 Å². The second kappa shape index (κ2) is 9.12. The minimum atomic E-state index is -0.938. The Morgan fingerprint density at radius 3 is 2.67 bits per heavy atom. The van der Waals surface area contributed by atoms with E-state index in [1.165, 1.54) is 12.8 Å². The summed E-state index contributed by atoms with van der Waals surface area (Å²) in [6.07, 6.45) is 6.87. The van der Waals surface area contributed by atoms with Crippen LogP contribution in [0.1, 0.15) is 37.1 Å². The van der Waals surface area contributed by atoms with Crippen LogP contribution in [-0.2, 0) is 22.4 Å². The number of Topliss-reactive ketones (excluding diaryl/α,β-unsaturated/α-hetero) is 1. The molecule has 1 aliphatic heterocycles. The van der Waals surface area contributed by atoms with Crippen molar-refractivity contribution in [3.8, 4) is 5.69 Å². The summed E-state index contributed by atoms with van der Waals surface area (Å²) < 4.78 is 2.60. The van der Waals surface area contributed by atoms with Crippen LogP contribution in [0, 0.1) is 11.3 Å². The van der Waals surface area contributed by atoms with E-state index < -0.39 is 17.4 Å². The molecule has 8 nitrogen and oxygen atoms in total. The molecule has 1 saturated carbocycles. The number of carboxylic acids is 1. The van der Waals surface area contributed by atoms with Gasteiger partial charge in [0.05, 0.1) is 9.90 Å². The first kappa shape index (κ1) is 23.4. The second-order valence-corrected chi connectivity index (χ2v) is 10.9. The lowest BCUT2D eigenvalue weighted by molar-refractivity contribution is -0.140. The summed E-state index contributed by atoms with van der Waals surface area (Å²) in [5, 5.41) is 16.5. The van der Waals surface area contributed by atoms with E-state index in [1.807, 2.05) is 36.4 Å². The maximum atomic E-state index is 12.7. The number of carboxylic acid groups (broad SMARTS) is 1. The number of aliphatic carboxylic acids is 1. The van der Waals surface area contributed by atoms with Gasteiger partial charge in [-0.15, -0.1) is 0 Å². The maximum absolute atomic E-state index is 12.7. The van der Waals surface area contributed by atoms with Gasteiger partial charge in [-0.25, -0.2) is 14.8 Å². The van der Waals surface area contributed by atoms with Gasteiger partial charge in [0.25, 0.3) is 0 Å². The van der Waals surface area contributed by atoms with E-state index in [4.69, 9.17) is 4.98 Å². The van der Waals surface area contributed by atoms with Crippen LogP contribution in [0.2, 0.25) is 0 Å². The van der Waals surface area contributed by atoms with Crippen molar-refractivity contribution in [2.75, 3.05) is 13.1 Å². The van der Waals surface area contributed by atoms with E-state index in [-0.39, 0.29) is 5.78 Å². The van der Waals surface area contributed by atoms with Crippen LogP contribution in [0.25, 0.3) is 16.9 Å². The van der Waals surface area contributed by atoms with Gasteiger partial charge in [-0.1, -0.05) is 12.1 Å². The van der Waals surface area contributed by atoms with Crippen LogP contribution in [0.3, 0.4) is 0 Å². The molecule has 9 heteroatoms. The van der Waals surface area contributed by atoms with Gasteiger partial charge in [0.2, 0.25) is 0 Å². The van der Waals surface area contributed by atoms with Gasteiger partial charge in [0.15, 0.2) is 11.4 Å². The van der Waals surface area contributed by atoms with Crippen LogP contribution in [-0.4, -0.2) is 50.5 Å². The number of nitrogens with one attached hydrogen (secondary N) is 2. The lowest BCUT2D eigenvalue weighted by Crippen LogP contribution is -2.56. The molecular formula is C27H28BrN5O3. The monoisotopic (exact) mass is 549 g/mol. The summed E-state index contributed by atoms with van der Waals surface area (Å²) >= 11 is 3.38. The zero-order valence-corrected chi connectivity index (χ0v) is 21.4. The Balaban J connectivity index is 1.24. The van der Waals surface area contributed by atoms with Crippen molar-refractivity contribution in [1.82, 2.24) is 25.2 Å². The fourth-order valence-electron chi connectivity index (χ4n) is 5.46. The molecule has 1 saturated heterocycles. The number of imidazole rings is 1. The normalized spacial score (nSPS) is 20.0. The number of ketones is 1. The van der Waals surface area contributed by atoms with Gasteiger partial charge in [-0.05, 0) is 90.4 Å². The molecule has 0 radical (unpaired) electrons. The van der Waals surface area contributed by atoms with Crippen LogP contribution >= 0.6 is 15.9 Å². The van der Waals surface area contributed by atoms with Crippen LogP contribution in [0.4, 0.5) is 0 Å². The van der Waals surface area contributed by atoms with Crippen LogP contribution in [0.15, 0.2) is 52.8 Å². The highest BCUT2D eigenvalue weighted by atomic mass is 79.9. The zero-order valence-electron chi connectivity index (χ0n) is 19.8. The Morgan fingerprint density at radius 1 is 1.22 bits per heavy atom. The number of aromatic nitrogens is 3. The summed E-state index contributed by atoms with van der Waals surface area (Å²) in [7, 11) is 0. The quantitative estimate of drug-likeness (QED) is 0.394. The third kappa shape index (κ3) is 4.04. The number of piperidine rings is 1. The molecule has 186 valence electrons. The van der Waals surface area contributed by atoms with Crippen molar-refractivity contribution in [3.05, 3.63) is 64.2 Å². The highest BCUT2D eigenvalue weighted by molar-refractivity contribution is 9.12. The molecule has 0 unspecified atom stereocenters. The molecule has 2 aromatic heterocycles. The van der Waals surface area contributed by atoms with Crippen molar-refractivity contribution in [1.29, 1.82) is 0 Å². The first-order valence-corrected chi connectivity index (χ1v) is 13.3. The molecule has 3 N–H and O–H groups in total. The third-order valence-corrected chi connectivity index (χ3v) is 8.45.